The van der Waals surface area contributed by atoms with E-state index in [4.69, 9.17) is 9.47 Å². The maximum atomic E-state index is 12.5. The number of esters is 1. The highest BCUT2D eigenvalue weighted by Crippen LogP contribution is 2.21. The van der Waals surface area contributed by atoms with Crippen molar-refractivity contribution >= 4 is 17.7 Å². The van der Waals surface area contributed by atoms with Crippen molar-refractivity contribution in [1.29, 1.82) is 0 Å². The van der Waals surface area contributed by atoms with Gasteiger partial charge in [-0.3, -0.25) is 14.4 Å². The quantitative estimate of drug-likeness (QED) is 0.503. The summed E-state index contributed by atoms with van der Waals surface area (Å²) in [5.74, 6) is -1.31. The van der Waals surface area contributed by atoms with Crippen LogP contribution in [0.5, 0.6) is 0 Å². The largest absolute Gasteiger partial charge is 0.456 e. The average molecular weight is 415 g/mol. The van der Waals surface area contributed by atoms with Gasteiger partial charge in [0.1, 0.15) is 6.54 Å². The molecule has 1 N–H and O–H groups in total. The number of ether oxygens (including phenoxy) is 2. The molecule has 0 aliphatic rings. The summed E-state index contributed by atoms with van der Waals surface area (Å²) in [6.45, 7) is 9.52. The maximum Gasteiger partial charge on any atom is 0.325 e. The van der Waals surface area contributed by atoms with Crippen molar-refractivity contribution in [2.45, 2.75) is 40.7 Å². The van der Waals surface area contributed by atoms with Gasteiger partial charge in [-0.05, 0) is 63.9 Å². The minimum absolute atomic E-state index is 0.0831. The molecule has 30 heavy (non-hydrogen) atoms. The van der Waals surface area contributed by atoms with Gasteiger partial charge in [0.25, 0.3) is 5.91 Å². The Morgan fingerprint density at radius 2 is 1.77 bits per heavy atom. The third-order valence-electron chi connectivity index (χ3n) is 5.16. The van der Waals surface area contributed by atoms with Crippen LogP contribution in [-0.2, 0) is 14.3 Å². The van der Waals surface area contributed by atoms with Crippen molar-refractivity contribution in [2.24, 2.45) is 0 Å². The molecule has 1 atom stereocenters. The molecule has 2 rings (SSSR count). The molecular weight excluding hydrogens is 384 g/mol. The molecule has 0 saturated heterocycles. The summed E-state index contributed by atoms with van der Waals surface area (Å²) in [6.07, 6.45) is 0. The second kappa shape index (κ2) is 10.2. The molecule has 7 nitrogen and oxygen atoms in total. The molecule has 1 aromatic heterocycles. The van der Waals surface area contributed by atoms with Crippen molar-refractivity contribution < 1.29 is 23.9 Å². The highest BCUT2D eigenvalue weighted by atomic mass is 16.5. The Hall–Kier alpha value is -2.93. The van der Waals surface area contributed by atoms with Gasteiger partial charge >= 0.3 is 5.97 Å². The molecule has 162 valence electrons. The van der Waals surface area contributed by atoms with E-state index in [9.17, 15) is 14.4 Å². The van der Waals surface area contributed by atoms with E-state index in [1.807, 2.05) is 45.3 Å². The van der Waals surface area contributed by atoms with Gasteiger partial charge in [0.05, 0.1) is 12.6 Å². The molecule has 7 heteroatoms. The smallest absolute Gasteiger partial charge is 0.325 e. The fourth-order valence-corrected chi connectivity index (χ4v) is 3.47. The fraction of sp³-hybridized carbons (Fsp3) is 0.435. The van der Waals surface area contributed by atoms with Gasteiger partial charge in [-0.15, -0.1) is 0 Å². The third kappa shape index (κ3) is 5.57. The summed E-state index contributed by atoms with van der Waals surface area (Å²) in [5.41, 5.74) is 4.81. The number of aryl methyl sites for hydroxylation is 3. The number of methoxy groups -OCH3 is 1. The lowest BCUT2D eigenvalue weighted by Gasteiger charge is -2.17. The standard InChI is InChI=1S/C23H30N2O5/c1-14-7-8-19(9-15(14)2)23(28)24-11-22(27)30-13-21(26)20-10-16(3)25(18(20)5)17(4)12-29-6/h7-10,17H,11-13H2,1-6H3,(H,24,28)/t17-/m1/s1. The molecule has 1 amide bonds. The first-order valence-corrected chi connectivity index (χ1v) is 9.87. The molecule has 1 aromatic carbocycles. The Balaban J connectivity index is 1.90. The number of benzene rings is 1. The Kier molecular flexibility index (Phi) is 7.94. The SMILES string of the molecule is COC[C@@H](C)n1c(C)cc(C(=O)COC(=O)CNC(=O)c2ccc(C)c(C)c2)c1C. The number of rotatable bonds is 9. The molecule has 0 bridgehead atoms. The molecule has 0 unspecified atom stereocenters. The first-order chi connectivity index (χ1) is 14.1. The Labute approximate surface area is 177 Å². The molecule has 1 heterocycles. The number of carbonyl (C=O) groups excluding carboxylic acids is 3. The van der Waals surface area contributed by atoms with E-state index >= 15 is 0 Å². The Morgan fingerprint density at radius 3 is 2.40 bits per heavy atom. The fourth-order valence-electron chi connectivity index (χ4n) is 3.47. The van der Waals surface area contributed by atoms with Gasteiger partial charge in [-0.2, -0.15) is 0 Å². The van der Waals surface area contributed by atoms with E-state index in [1.165, 1.54) is 0 Å². The zero-order chi connectivity index (χ0) is 22.4. The van der Waals surface area contributed by atoms with E-state index in [2.05, 4.69) is 5.32 Å². The van der Waals surface area contributed by atoms with E-state index in [0.29, 0.717) is 17.7 Å². The first-order valence-electron chi connectivity index (χ1n) is 9.87. The lowest BCUT2D eigenvalue weighted by molar-refractivity contribution is -0.141. The monoisotopic (exact) mass is 414 g/mol. The number of hydrogen-bond donors (Lipinski definition) is 1. The van der Waals surface area contributed by atoms with Gasteiger partial charge in [-0.25, -0.2) is 0 Å². The van der Waals surface area contributed by atoms with Crippen LogP contribution in [0.25, 0.3) is 0 Å². The van der Waals surface area contributed by atoms with Crippen LogP contribution in [0.15, 0.2) is 24.3 Å². The summed E-state index contributed by atoms with van der Waals surface area (Å²) in [5, 5.41) is 2.52. The number of ketones is 1. The number of carbonyl (C=O) groups is 3. The number of amides is 1. The van der Waals surface area contributed by atoms with Crippen molar-refractivity contribution in [2.75, 3.05) is 26.9 Å². The Bertz CT molecular complexity index is 945. The van der Waals surface area contributed by atoms with E-state index < -0.39 is 5.97 Å². The Morgan fingerprint density at radius 1 is 1.07 bits per heavy atom. The predicted octanol–water partition coefficient (Wildman–Crippen LogP) is 3.09. The highest BCUT2D eigenvalue weighted by molar-refractivity contribution is 6.00. The first kappa shape index (κ1) is 23.3. The summed E-state index contributed by atoms with van der Waals surface area (Å²) < 4.78 is 12.3. The zero-order valence-electron chi connectivity index (χ0n) is 18.5. The van der Waals surface area contributed by atoms with E-state index in [0.717, 1.165) is 22.5 Å². The maximum absolute atomic E-state index is 12.5. The molecular formula is C23H30N2O5. The second-order valence-electron chi connectivity index (χ2n) is 7.52. The summed E-state index contributed by atoms with van der Waals surface area (Å²) >= 11 is 0. The van der Waals surface area contributed by atoms with Crippen LogP contribution < -0.4 is 5.32 Å². The van der Waals surface area contributed by atoms with Gasteiger partial charge < -0.3 is 19.4 Å². The predicted molar refractivity (Wildman–Crippen MR) is 114 cm³/mol. The molecule has 0 radical (unpaired) electrons. The number of Topliss-reactive ketones (excluding diaryl/α,β-unsaturated/α-hetero) is 1. The molecule has 0 aliphatic carbocycles. The zero-order valence-corrected chi connectivity index (χ0v) is 18.5. The molecule has 2 aromatic rings. The van der Waals surface area contributed by atoms with Crippen LogP contribution in [0.2, 0.25) is 0 Å². The van der Waals surface area contributed by atoms with Crippen molar-refractivity contribution in [1.82, 2.24) is 9.88 Å². The van der Waals surface area contributed by atoms with Crippen LogP contribution >= 0.6 is 0 Å². The topological polar surface area (TPSA) is 86.6 Å². The second-order valence-corrected chi connectivity index (χ2v) is 7.52. The third-order valence-corrected chi connectivity index (χ3v) is 5.16. The van der Waals surface area contributed by atoms with Gasteiger partial charge in [0.2, 0.25) is 5.78 Å². The van der Waals surface area contributed by atoms with Crippen LogP contribution in [0.3, 0.4) is 0 Å². The van der Waals surface area contributed by atoms with Crippen molar-refractivity contribution in [3.8, 4) is 0 Å². The summed E-state index contributed by atoms with van der Waals surface area (Å²) in [4.78, 5) is 36.7. The molecule has 0 aliphatic heterocycles. The van der Waals surface area contributed by atoms with Crippen LogP contribution in [0.4, 0.5) is 0 Å². The number of hydrogen-bond acceptors (Lipinski definition) is 5. The molecule has 0 saturated carbocycles. The van der Waals surface area contributed by atoms with Crippen molar-refractivity contribution in [3.05, 3.63) is 57.9 Å². The normalized spacial score (nSPS) is 11.8. The lowest BCUT2D eigenvalue weighted by Crippen LogP contribution is -2.31. The number of nitrogens with zero attached hydrogens (tertiary/aromatic N) is 1. The number of nitrogens with one attached hydrogen (secondary N) is 1. The van der Waals surface area contributed by atoms with Crippen molar-refractivity contribution in [3.63, 3.8) is 0 Å². The van der Waals surface area contributed by atoms with E-state index in [1.54, 1.807) is 25.3 Å². The molecule has 0 spiro atoms. The summed E-state index contributed by atoms with van der Waals surface area (Å²) in [6, 6.07) is 7.19. The van der Waals surface area contributed by atoms with E-state index in [-0.39, 0.29) is 30.9 Å². The van der Waals surface area contributed by atoms with Crippen LogP contribution in [0.1, 0.15) is 56.2 Å². The van der Waals surface area contributed by atoms with Crippen LogP contribution in [0, 0.1) is 27.7 Å². The minimum Gasteiger partial charge on any atom is -0.456 e. The van der Waals surface area contributed by atoms with Gasteiger partial charge in [0, 0.05) is 29.6 Å². The number of aromatic nitrogens is 1. The lowest BCUT2D eigenvalue weighted by atomic mass is 10.1. The summed E-state index contributed by atoms with van der Waals surface area (Å²) in [7, 11) is 1.63. The van der Waals surface area contributed by atoms with Crippen LogP contribution in [-0.4, -0.2) is 49.1 Å². The van der Waals surface area contributed by atoms with Gasteiger partial charge in [-0.1, -0.05) is 6.07 Å². The average Bonchev–Trinajstić information content (AvgIpc) is 3.00. The van der Waals surface area contributed by atoms with Gasteiger partial charge in [0.15, 0.2) is 6.61 Å². The highest BCUT2D eigenvalue weighted by Gasteiger charge is 2.20. The minimum atomic E-state index is -0.665. The molecule has 0 fully saturated rings.